The summed E-state index contributed by atoms with van der Waals surface area (Å²) in [7, 11) is 0. The molecule has 0 aromatic heterocycles. The van der Waals surface area contributed by atoms with E-state index in [2.05, 4.69) is 0 Å². The lowest BCUT2D eigenvalue weighted by Crippen LogP contribution is -2.32. The molecule has 0 saturated heterocycles. The minimum Gasteiger partial charge on any atom is -0.491 e. The lowest BCUT2D eigenvalue weighted by atomic mass is 10.0. The summed E-state index contributed by atoms with van der Waals surface area (Å²) in [5.74, 6) is 6.29. The topological polar surface area (TPSA) is 85.1 Å². The highest BCUT2D eigenvalue weighted by atomic mass is 16.6. The van der Waals surface area contributed by atoms with Crippen LogP contribution in [0.4, 0.5) is 5.69 Å². The van der Waals surface area contributed by atoms with Crippen LogP contribution in [0.3, 0.4) is 0 Å². The number of hydrogen-bond donors (Lipinski definition) is 1. The first-order valence-electron chi connectivity index (χ1n) is 11.3. The van der Waals surface area contributed by atoms with E-state index < -0.39 is 0 Å². The molecule has 34 heavy (non-hydrogen) atoms. The number of carbonyl (C=O) groups is 2. The Bertz CT molecular complexity index is 1180. The minimum absolute atomic E-state index is 0.0377. The molecule has 7 nitrogen and oxygen atoms in total. The Morgan fingerprint density at radius 3 is 2.41 bits per heavy atom. The van der Waals surface area contributed by atoms with Crippen molar-refractivity contribution in [1.29, 1.82) is 0 Å². The maximum atomic E-state index is 13.1. The van der Waals surface area contributed by atoms with Gasteiger partial charge in [-0.2, -0.15) is 5.90 Å². The van der Waals surface area contributed by atoms with Crippen molar-refractivity contribution in [2.24, 2.45) is 5.90 Å². The maximum absolute atomic E-state index is 13.1. The largest absolute Gasteiger partial charge is 0.491 e. The molecular formula is C27H29N3O4. The zero-order chi connectivity index (χ0) is 24.2. The molecule has 0 radical (unpaired) electrons. The van der Waals surface area contributed by atoms with Gasteiger partial charge >= 0.3 is 0 Å². The number of ether oxygens (including phenoxy) is 1. The predicted molar refractivity (Wildman–Crippen MR) is 131 cm³/mol. The molecule has 2 amide bonds. The normalized spacial score (nSPS) is 13.8. The van der Waals surface area contributed by atoms with Crippen molar-refractivity contribution in [3.8, 4) is 11.5 Å². The van der Waals surface area contributed by atoms with Crippen molar-refractivity contribution >= 4 is 17.5 Å². The molecule has 1 aliphatic rings. The first-order valence-corrected chi connectivity index (χ1v) is 11.3. The summed E-state index contributed by atoms with van der Waals surface area (Å²) in [6.07, 6.45) is 0. The molecular weight excluding hydrogens is 430 g/mol. The van der Waals surface area contributed by atoms with Crippen LogP contribution < -0.4 is 20.4 Å². The van der Waals surface area contributed by atoms with Crippen LogP contribution in [0.25, 0.3) is 0 Å². The number of rotatable bonds is 5. The third kappa shape index (κ3) is 4.89. The molecule has 0 bridgehead atoms. The Labute approximate surface area is 199 Å². The van der Waals surface area contributed by atoms with Gasteiger partial charge in [0.1, 0.15) is 18.1 Å². The van der Waals surface area contributed by atoms with Crippen LogP contribution in [0.15, 0.2) is 66.7 Å². The summed E-state index contributed by atoms with van der Waals surface area (Å²) >= 11 is 0. The first kappa shape index (κ1) is 23.3. The van der Waals surface area contributed by atoms with E-state index >= 15 is 0 Å². The predicted octanol–water partition coefficient (Wildman–Crippen LogP) is 4.40. The first-order chi connectivity index (χ1) is 16.4. The number of hydrogen-bond acceptors (Lipinski definition) is 5. The van der Waals surface area contributed by atoms with Crippen LogP contribution in [-0.4, -0.2) is 29.9 Å². The highest BCUT2D eigenvalue weighted by molar-refractivity contribution is 5.94. The third-order valence-electron chi connectivity index (χ3n) is 6.11. The Morgan fingerprint density at radius 2 is 1.76 bits per heavy atom. The van der Waals surface area contributed by atoms with Crippen LogP contribution in [0.1, 0.15) is 46.9 Å². The van der Waals surface area contributed by atoms with Gasteiger partial charge in [-0.25, -0.2) is 0 Å². The second-order valence-corrected chi connectivity index (χ2v) is 8.49. The lowest BCUT2D eigenvalue weighted by Gasteiger charge is -2.29. The van der Waals surface area contributed by atoms with E-state index in [0.29, 0.717) is 31.0 Å². The Balaban J connectivity index is 1.60. The molecule has 2 N–H and O–H groups in total. The van der Waals surface area contributed by atoms with E-state index in [4.69, 9.17) is 15.5 Å². The summed E-state index contributed by atoms with van der Waals surface area (Å²) in [5.41, 5.74) is 4.41. The zero-order valence-electron chi connectivity index (χ0n) is 19.7. The van der Waals surface area contributed by atoms with Gasteiger partial charge < -0.3 is 19.4 Å². The zero-order valence-corrected chi connectivity index (χ0v) is 19.7. The Kier molecular flexibility index (Phi) is 6.84. The van der Waals surface area contributed by atoms with E-state index in [-0.39, 0.29) is 17.9 Å². The van der Waals surface area contributed by atoms with Crippen molar-refractivity contribution in [3.05, 3.63) is 89.0 Å². The quantitative estimate of drug-likeness (QED) is 0.572. The molecule has 3 aromatic carbocycles. The monoisotopic (exact) mass is 459 g/mol. The average molecular weight is 460 g/mol. The maximum Gasteiger partial charge on any atom is 0.254 e. The molecule has 1 aliphatic heterocycles. The fraction of sp³-hybridized carbons (Fsp3) is 0.259. The fourth-order valence-electron chi connectivity index (χ4n) is 4.24. The molecule has 0 fully saturated rings. The molecule has 4 rings (SSSR count). The van der Waals surface area contributed by atoms with Gasteiger partial charge in [-0.05, 0) is 67.9 Å². The van der Waals surface area contributed by atoms with Gasteiger partial charge in [0.15, 0.2) is 0 Å². The number of benzene rings is 3. The van der Waals surface area contributed by atoms with Crippen molar-refractivity contribution in [2.75, 3.05) is 18.1 Å². The molecule has 0 spiro atoms. The third-order valence-corrected chi connectivity index (χ3v) is 6.11. The summed E-state index contributed by atoms with van der Waals surface area (Å²) in [4.78, 5) is 33.9. The number of fused-ring (bicyclic) bond motifs is 1. The van der Waals surface area contributed by atoms with Crippen LogP contribution in [0.2, 0.25) is 0 Å². The second kappa shape index (κ2) is 9.97. The van der Waals surface area contributed by atoms with Crippen LogP contribution >= 0.6 is 0 Å². The van der Waals surface area contributed by atoms with Gasteiger partial charge in [0.25, 0.3) is 5.91 Å². The number of carbonyl (C=O) groups excluding carboxylic acids is 2. The number of nitrogens with two attached hydrogens (primary N) is 1. The van der Waals surface area contributed by atoms with Gasteiger partial charge in [0.2, 0.25) is 5.91 Å². The van der Waals surface area contributed by atoms with Crippen molar-refractivity contribution in [3.63, 3.8) is 0 Å². The summed E-state index contributed by atoms with van der Waals surface area (Å²) < 4.78 is 5.93. The summed E-state index contributed by atoms with van der Waals surface area (Å²) in [6.45, 7) is 6.88. The number of amides is 2. The van der Waals surface area contributed by atoms with Crippen LogP contribution in [0.5, 0.6) is 11.5 Å². The van der Waals surface area contributed by atoms with E-state index in [1.807, 2.05) is 56.3 Å². The van der Waals surface area contributed by atoms with Crippen molar-refractivity contribution < 1.29 is 19.2 Å². The van der Waals surface area contributed by atoms with Gasteiger partial charge in [-0.1, -0.05) is 23.8 Å². The fourth-order valence-corrected chi connectivity index (χ4v) is 4.24. The van der Waals surface area contributed by atoms with Crippen molar-refractivity contribution in [2.45, 2.75) is 33.4 Å². The van der Waals surface area contributed by atoms with Gasteiger partial charge in [-0.3, -0.25) is 9.59 Å². The number of aryl methyl sites for hydroxylation is 1. The highest BCUT2D eigenvalue weighted by Crippen LogP contribution is 2.32. The highest BCUT2D eigenvalue weighted by Gasteiger charge is 2.25. The van der Waals surface area contributed by atoms with E-state index in [1.165, 1.54) is 0 Å². The van der Waals surface area contributed by atoms with Crippen molar-refractivity contribution in [1.82, 2.24) is 4.90 Å². The van der Waals surface area contributed by atoms with E-state index in [1.54, 1.807) is 41.0 Å². The summed E-state index contributed by atoms with van der Waals surface area (Å²) in [5, 5.41) is 0. The molecule has 176 valence electrons. The Morgan fingerprint density at radius 1 is 1.06 bits per heavy atom. The molecule has 3 aromatic rings. The molecule has 0 saturated carbocycles. The van der Waals surface area contributed by atoms with Crippen LogP contribution in [0, 0.1) is 6.92 Å². The molecule has 7 heteroatoms. The number of nitrogens with zero attached hydrogens (tertiary/aromatic N) is 2. The SMILES string of the molecule is CC(=O)N(c1ccc(C)cc1)C(C)c1ccc2c(c1)CN(C(=O)c1ccc(ON)cc1)CCO2. The number of anilines is 1. The van der Waals surface area contributed by atoms with Crippen LogP contribution in [-0.2, 0) is 11.3 Å². The summed E-state index contributed by atoms with van der Waals surface area (Å²) in [6, 6.07) is 20.4. The smallest absolute Gasteiger partial charge is 0.254 e. The minimum atomic E-state index is -0.193. The standard InChI is InChI=1S/C27H29N3O4/c1-18-4-9-24(10-5-18)30(20(3)31)19(2)22-8-13-26-23(16-22)17-29(14-15-33-26)27(32)21-6-11-25(34-28)12-7-21/h4-13,16,19H,14-15,17,28H2,1-3H3. The molecule has 0 aliphatic carbocycles. The van der Waals surface area contributed by atoms with Gasteiger partial charge in [0.05, 0.1) is 12.6 Å². The van der Waals surface area contributed by atoms with E-state index in [0.717, 1.165) is 28.1 Å². The van der Waals surface area contributed by atoms with Gasteiger partial charge in [-0.15, -0.1) is 0 Å². The molecule has 1 unspecified atom stereocenters. The molecule has 1 atom stereocenters. The molecule has 1 heterocycles. The van der Waals surface area contributed by atoms with Gasteiger partial charge in [0, 0.05) is 30.3 Å². The van der Waals surface area contributed by atoms with E-state index in [9.17, 15) is 9.59 Å². The second-order valence-electron chi connectivity index (χ2n) is 8.49. The lowest BCUT2D eigenvalue weighted by molar-refractivity contribution is -0.117. The Hall–Kier alpha value is -3.84. The average Bonchev–Trinajstić information content (AvgIpc) is 3.06.